The van der Waals surface area contributed by atoms with Gasteiger partial charge in [0.25, 0.3) is 0 Å². The largest absolute Gasteiger partial charge is 0.0845 e. The molecule has 0 amide bonds. The molecule has 0 atom stereocenters. The number of allylic oxidation sites excluding steroid dienone is 10. The zero-order valence-electron chi connectivity index (χ0n) is 7.77. The number of hydrogen-bond acceptors (Lipinski definition) is 0. The molecule has 0 fully saturated rings. The van der Waals surface area contributed by atoms with Crippen LogP contribution in [0.1, 0.15) is 12.8 Å². The van der Waals surface area contributed by atoms with Crippen LogP contribution in [0.4, 0.5) is 0 Å². The Labute approximate surface area is 80.7 Å². The van der Waals surface area contributed by atoms with Crippen LogP contribution in [0.3, 0.4) is 0 Å². The fourth-order valence-corrected chi connectivity index (χ4v) is 0.991. The van der Waals surface area contributed by atoms with Gasteiger partial charge < -0.3 is 0 Å². The van der Waals surface area contributed by atoms with Crippen LogP contribution < -0.4 is 0 Å². The van der Waals surface area contributed by atoms with Crippen LogP contribution in [0, 0.1) is 6.42 Å². The molecule has 0 saturated carbocycles. The van der Waals surface area contributed by atoms with Crippen molar-refractivity contribution >= 4 is 0 Å². The van der Waals surface area contributed by atoms with Crippen molar-refractivity contribution in [2.75, 3.05) is 0 Å². The monoisotopic (exact) mass is 171 g/mol. The molecule has 0 N–H and O–H groups in total. The Hall–Kier alpha value is -1.30. The lowest BCUT2D eigenvalue weighted by Gasteiger charge is -1.87. The van der Waals surface area contributed by atoms with E-state index in [-0.39, 0.29) is 0 Å². The van der Waals surface area contributed by atoms with Gasteiger partial charge in [-0.2, -0.15) is 0 Å². The SMILES string of the molecule is [CH]1/C=C/C=C/C=C\C=C\C=C/CC1. The Balaban J connectivity index is 2.51. The maximum absolute atomic E-state index is 2.18. The summed E-state index contributed by atoms with van der Waals surface area (Å²) in [6, 6.07) is 0. The molecule has 1 aliphatic rings. The molecule has 1 rings (SSSR count). The van der Waals surface area contributed by atoms with E-state index in [4.69, 9.17) is 0 Å². The fourth-order valence-electron chi connectivity index (χ4n) is 0.991. The summed E-state index contributed by atoms with van der Waals surface area (Å²) in [5.74, 6) is 0. The third-order valence-electron chi connectivity index (χ3n) is 1.66. The molecule has 0 heterocycles. The van der Waals surface area contributed by atoms with Crippen molar-refractivity contribution in [1.82, 2.24) is 0 Å². The normalized spacial score (nSPS) is 30.2. The molecule has 0 aromatic heterocycles. The molecule has 1 aliphatic carbocycles. The summed E-state index contributed by atoms with van der Waals surface area (Å²) in [5, 5.41) is 0. The highest BCUT2D eigenvalue weighted by Crippen LogP contribution is 1.98. The van der Waals surface area contributed by atoms with Gasteiger partial charge in [0.05, 0.1) is 0 Å². The van der Waals surface area contributed by atoms with Crippen LogP contribution >= 0.6 is 0 Å². The first-order valence-electron chi connectivity index (χ1n) is 4.65. The maximum Gasteiger partial charge on any atom is -0.0164 e. The Morgan fingerprint density at radius 3 is 1.69 bits per heavy atom. The minimum atomic E-state index is 1.11. The summed E-state index contributed by atoms with van der Waals surface area (Å²) < 4.78 is 0. The van der Waals surface area contributed by atoms with E-state index in [9.17, 15) is 0 Å². The van der Waals surface area contributed by atoms with Crippen molar-refractivity contribution < 1.29 is 0 Å². The van der Waals surface area contributed by atoms with Gasteiger partial charge in [0.1, 0.15) is 0 Å². The van der Waals surface area contributed by atoms with Gasteiger partial charge in [-0.15, -0.1) is 0 Å². The third kappa shape index (κ3) is 5.92. The molecule has 0 bridgehead atoms. The summed E-state index contributed by atoms with van der Waals surface area (Å²) >= 11 is 0. The van der Waals surface area contributed by atoms with Crippen molar-refractivity contribution in [2.24, 2.45) is 0 Å². The van der Waals surface area contributed by atoms with Crippen LogP contribution in [0.2, 0.25) is 0 Å². The Morgan fingerprint density at radius 1 is 0.462 bits per heavy atom. The lowest BCUT2D eigenvalue weighted by molar-refractivity contribution is 1.00. The second kappa shape index (κ2) is 7.35. The quantitative estimate of drug-likeness (QED) is 0.520. The summed E-state index contributed by atoms with van der Waals surface area (Å²) in [5.41, 5.74) is 0. The molecule has 1 radical (unpaired) electrons. The van der Waals surface area contributed by atoms with Crippen LogP contribution in [-0.4, -0.2) is 0 Å². The fraction of sp³-hybridized carbons (Fsp3) is 0.154. The molecule has 0 aromatic carbocycles. The molecule has 0 aliphatic heterocycles. The molecule has 0 spiro atoms. The van der Waals surface area contributed by atoms with Gasteiger partial charge in [-0.25, -0.2) is 0 Å². The minimum absolute atomic E-state index is 1.11. The van der Waals surface area contributed by atoms with Crippen LogP contribution in [0.5, 0.6) is 0 Å². The first-order chi connectivity index (χ1) is 6.50. The van der Waals surface area contributed by atoms with Gasteiger partial charge in [-0.05, 0) is 19.3 Å². The van der Waals surface area contributed by atoms with Crippen LogP contribution in [0.15, 0.2) is 60.8 Å². The van der Waals surface area contributed by atoms with Crippen LogP contribution in [0.25, 0.3) is 0 Å². The second-order valence-electron chi connectivity index (χ2n) is 2.78. The van der Waals surface area contributed by atoms with Gasteiger partial charge in [0, 0.05) is 0 Å². The van der Waals surface area contributed by atoms with E-state index in [2.05, 4.69) is 36.8 Å². The summed E-state index contributed by atoms with van der Waals surface area (Å²) in [6.07, 6.45) is 25.0. The molecule has 0 unspecified atom stereocenters. The summed E-state index contributed by atoms with van der Waals surface area (Å²) in [7, 11) is 0. The Kier molecular flexibility index (Phi) is 5.54. The zero-order valence-corrected chi connectivity index (χ0v) is 7.77. The Bertz CT molecular complexity index is 223. The molecule has 0 aromatic rings. The van der Waals surface area contributed by atoms with Crippen molar-refractivity contribution in [2.45, 2.75) is 12.8 Å². The highest BCUT2D eigenvalue weighted by atomic mass is 13.8. The molecule has 0 nitrogen and oxygen atoms in total. The number of rotatable bonds is 0. The van der Waals surface area contributed by atoms with Crippen LogP contribution in [-0.2, 0) is 0 Å². The van der Waals surface area contributed by atoms with E-state index in [1.54, 1.807) is 0 Å². The average Bonchev–Trinajstić information content (AvgIpc) is 2.18. The highest BCUT2D eigenvalue weighted by molar-refractivity contribution is 5.19. The van der Waals surface area contributed by atoms with E-state index >= 15 is 0 Å². The maximum atomic E-state index is 2.18. The summed E-state index contributed by atoms with van der Waals surface area (Å²) in [6.45, 7) is 0. The standard InChI is InChI=1S/C13H15/c1-2-4-6-8-10-12-13-11-9-7-5-3-1/h1-11H,12-13H2/b2-1-,5-3+,6-4+,9-7+,10-8-. The lowest BCUT2D eigenvalue weighted by Crippen LogP contribution is -1.69. The molecular formula is C13H15. The van der Waals surface area contributed by atoms with Gasteiger partial charge in [-0.1, -0.05) is 60.8 Å². The van der Waals surface area contributed by atoms with Crippen molar-refractivity contribution in [3.05, 3.63) is 67.2 Å². The topological polar surface area (TPSA) is 0 Å². The van der Waals surface area contributed by atoms with Gasteiger partial charge >= 0.3 is 0 Å². The first-order valence-corrected chi connectivity index (χ1v) is 4.65. The van der Waals surface area contributed by atoms with Gasteiger partial charge in [0.15, 0.2) is 0 Å². The number of hydrogen-bond donors (Lipinski definition) is 0. The molecule has 13 heavy (non-hydrogen) atoms. The molecular weight excluding hydrogens is 156 g/mol. The van der Waals surface area contributed by atoms with Crippen molar-refractivity contribution in [1.29, 1.82) is 0 Å². The zero-order chi connectivity index (χ0) is 9.19. The van der Waals surface area contributed by atoms with E-state index in [1.807, 2.05) is 30.4 Å². The first kappa shape index (κ1) is 9.79. The molecule has 67 valence electrons. The highest BCUT2D eigenvalue weighted by Gasteiger charge is 1.79. The van der Waals surface area contributed by atoms with Gasteiger partial charge in [0.2, 0.25) is 0 Å². The minimum Gasteiger partial charge on any atom is -0.0845 e. The van der Waals surface area contributed by atoms with Gasteiger partial charge in [-0.3, -0.25) is 0 Å². The van der Waals surface area contributed by atoms with E-state index in [1.165, 1.54) is 0 Å². The second-order valence-corrected chi connectivity index (χ2v) is 2.78. The summed E-state index contributed by atoms with van der Waals surface area (Å²) in [4.78, 5) is 0. The third-order valence-corrected chi connectivity index (χ3v) is 1.66. The molecule has 0 saturated heterocycles. The van der Waals surface area contributed by atoms with E-state index in [0.717, 1.165) is 12.8 Å². The Morgan fingerprint density at radius 2 is 1.00 bits per heavy atom. The smallest absolute Gasteiger partial charge is 0.0164 e. The van der Waals surface area contributed by atoms with E-state index < -0.39 is 0 Å². The van der Waals surface area contributed by atoms with Crippen molar-refractivity contribution in [3.8, 4) is 0 Å². The predicted molar refractivity (Wildman–Crippen MR) is 59.2 cm³/mol. The van der Waals surface area contributed by atoms with Crippen molar-refractivity contribution in [3.63, 3.8) is 0 Å². The van der Waals surface area contributed by atoms with E-state index in [0.29, 0.717) is 0 Å². The predicted octanol–water partition coefficient (Wildman–Crippen LogP) is 3.77. The lowest BCUT2D eigenvalue weighted by atomic mass is 10.2. The average molecular weight is 171 g/mol. The molecule has 0 heteroatoms.